The third-order valence-electron chi connectivity index (χ3n) is 1.61. The Labute approximate surface area is 68.6 Å². The number of benzene rings is 1. The molecule has 0 aliphatic carbocycles. The van der Waals surface area contributed by atoms with Crippen molar-refractivity contribution < 1.29 is 9.53 Å². The van der Waals surface area contributed by atoms with E-state index in [0.717, 1.165) is 10.6 Å². The van der Waals surface area contributed by atoms with Crippen molar-refractivity contribution in [2.45, 2.75) is 4.90 Å². The third kappa shape index (κ3) is 0.844. The second-order valence-electron chi connectivity index (χ2n) is 2.23. The van der Waals surface area contributed by atoms with E-state index in [2.05, 4.69) is 0 Å². The fourth-order valence-electron chi connectivity index (χ4n) is 1.04. The van der Waals surface area contributed by atoms with Gasteiger partial charge in [0.05, 0.1) is 4.90 Å². The summed E-state index contributed by atoms with van der Waals surface area (Å²) in [4.78, 5) is 11.8. The molecule has 1 aromatic carbocycles. The van der Waals surface area contributed by atoms with Gasteiger partial charge in [-0.15, -0.1) is 11.8 Å². The molecule has 0 amide bonds. The summed E-state index contributed by atoms with van der Waals surface area (Å²) in [6, 6.07) is 5.59. The van der Waals surface area contributed by atoms with Crippen molar-refractivity contribution in [3.8, 4) is 5.75 Å². The number of carbonyl (C=O) groups is 1. The van der Waals surface area contributed by atoms with Crippen LogP contribution < -0.4 is 4.74 Å². The Bertz CT molecular complexity index is 320. The first kappa shape index (κ1) is 6.73. The number of hydrogen-bond acceptors (Lipinski definition) is 3. The van der Waals surface area contributed by atoms with E-state index in [1.807, 2.05) is 18.4 Å². The first-order valence-electron chi connectivity index (χ1n) is 3.22. The maximum Gasteiger partial charge on any atom is 0.347 e. The van der Waals surface area contributed by atoms with Crippen LogP contribution in [0.5, 0.6) is 5.75 Å². The predicted octanol–water partition coefficient (Wildman–Crippen LogP) is 1.94. The number of ether oxygens (including phenoxy) is 1. The minimum absolute atomic E-state index is 0.212. The molecule has 0 unspecified atom stereocenters. The highest BCUT2D eigenvalue weighted by molar-refractivity contribution is 7.98. The normalized spacial score (nSPS) is 13.4. The lowest BCUT2D eigenvalue weighted by Gasteiger charge is -2.19. The SMILES string of the molecule is CSc1cccc2c1OC2=O. The third-order valence-corrected chi connectivity index (χ3v) is 2.37. The van der Waals surface area contributed by atoms with Crippen LogP contribution in [0.4, 0.5) is 0 Å². The zero-order valence-corrected chi connectivity index (χ0v) is 6.77. The molecule has 2 nitrogen and oxygen atoms in total. The lowest BCUT2D eigenvalue weighted by molar-refractivity contribution is 0.0651. The van der Waals surface area contributed by atoms with Crippen molar-refractivity contribution in [2.75, 3.05) is 6.26 Å². The second kappa shape index (κ2) is 2.27. The monoisotopic (exact) mass is 166 g/mol. The van der Waals surface area contributed by atoms with Crippen LogP contribution in [0.25, 0.3) is 0 Å². The highest BCUT2D eigenvalue weighted by Crippen LogP contribution is 2.37. The van der Waals surface area contributed by atoms with E-state index >= 15 is 0 Å². The topological polar surface area (TPSA) is 26.3 Å². The fraction of sp³-hybridized carbons (Fsp3) is 0.125. The molecule has 0 radical (unpaired) electrons. The van der Waals surface area contributed by atoms with Crippen LogP contribution in [0, 0.1) is 0 Å². The molecule has 0 saturated heterocycles. The molecule has 0 spiro atoms. The molecule has 1 aliphatic heterocycles. The Morgan fingerprint density at radius 3 is 2.91 bits per heavy atom. The Hall–Kier alpha value is -0.960. The van der Waals surface area contributed by atoms with Gasteiger partial charge in [0.25, 0.3) is 0 Å². The van der Waals surface area contributed by atoms with Crippen LogP contribution in [-0.2, 0) is 0 Å². The summed E-state index contributed by atoms with van der Waals surface area (Å²) >= 11 is 1.59. The summed E-state index contributed by atoms with van der Waals surface area (Å²) < 4.78 is 4.85. The second-order valence-corrected chi connectivity index (χ2v) is 3.07. The van der Waals surface area contributed by atoms with E-state index in [1.54, 1.807) is 17.8 Å². The minimum Gasteiger partial charge on any atom is -0.421 e. The van der Waals surface area contributed by atoms with E-state index < -0.39 is 0 Å². The number of esters is 1. The summed E-state index contributed by atoms with van der Waals surface area (Å²) in [6.45, 7) is 0. The van der Waals surface area contributed by atoms with Gasteiger partial charge >= 0.3 is 5.97 Å². The molecule has 0 fully saturated rings. The maximum atomic E-state index is 10.8. The van der Waals surface area contributed by atoms with Crippen molar-refractivity contribution in [1.29, 1.82) is 0 Å². The Morgan fingerprint density at radius 1 is 1.45 bits per heavy atom. The Kier molecular flexibility index (Phi) is 1.39. The summed E-state index contributed by atoms with van der Waals surface area (Å²) in [5.41, 5.74) is 0.705. The van der Waals surface area contributed by atoms with E-state index in [1.165, 1.54) is 0 Å². The van der Waals surface area contributed by atoms with Crippen LogP contribution in [-0.4, -0.2) is 12.2 Å². The van der Waals surface area contributed by atoms with Crippen molar-refractivity contribution in [1.82, 2.24) is 0 Å². The quantitative estimate of drug-likeness (QED) is 0.471. The standard InChI is InChI=1S/C8H6O2S/c1-11-6-4-2-3-5-7(6)10-8(5)9/h2-4H,1H3. The number of thioether (sulfide) groups is 1. The molecule has 0 atom stereocenters. The van der Waals surface area contributed by atoms with Gasteiger partial charge in [0, 0.05) is 0 Å². The predicted molar refractivity (Wildman–Crippen MR) is 43.2 cm³/mol. The molecule has 2 rings (SSSR count). The van der Waals surface area contributed by atoms with Crippen molar-refractivity contribution in [3.63, 3.8) is 0 Å². The Morgan fingerprint density at radius 2 is 2.27 bits per heavy atom. The molecular formula is C8H6O2S. The number of carbonyl (C=O) groups excluding carboxylic acids is 1. The zero-order chi connectivity index (χ0) is 7.84. The number of fused-ring (bicyclic) bond motifs is 1. The highest BCUT2D eigenvalue weighted by atomic mass is 32.2. The summed E-state index contributed by atoms with van der Waals surface area (Å²) in [6.07, 6.45) is 1.96. The minimum atomic E-state index is -0.212. The van der Waals surface area contributed by atoms with Gasteiger partial charge in [-0.25, -0.2) is 4.79 Å². The molecule has 3 heteroatoms. The smallest absolute Gasteiger partial charge is 0.347 e. The summed E-state index contributed by atoms with van der Waals surface area (Å²) in [7, 11) is 0. The highest BCUT2D eigenvalue weighted by Gasteiger charge is 2.27. The van der Waals surface area contributed by atoms with Crippen molar-refractivity contribution in [3.05, 3.63) is 23.8 Å². The molecule has 0 saturated carbocycles. The van der Waals surface area contributed by atoms with Gasteiger partial charge in [0.15, 0.2) is 5.75 Å². The van der Waals surface area contributed by atoms with Crippen molar-refractivity contribution in [2.24, 2.45) is 0 Å². The summed E-state index contributed by atoms with van der Waals surface area (Å²) in [5.74, 6) is 0.529. The van der Waals surface area contributed by atoms with Crippen molar-refractivity contribution >= 4 is 17.7 Å². The zero-order valence-electron chi connectivity index (χ0n) is 5.96. The number of hydrogen-bond donors (Lipinski definition) is 0. The average molecular weight is 166 g/mol. The van der Waals surface area contributed by atoms with E-state index in [9.17, 15) is 4.79 Å². The van der Waals surface area contributed by atoms with Crippen LogP contribution in [0.3, 0.4) is 0 Å². The molecule has 0 bridgehead atoms. The molecule has 1 heterocycles. The van der Waals surface area contributed by atoms with Gasteiger partial charge in [0.2, 0.25) is 0 Å². The van der Waals surface area contributed by atoms with Gasteiger partial charge in [-0.1, -0.05) is 6.07 Å². The van der Waals surface area contributed by atoms with Crippen LogP contribution in [0.15, 0.2) is 23.1 Å². The average Bonchev–Trinajstić information content (AvgIpc) is 2.03. The molecule has 1 aliphatic rings. The van der Waals surface area contributed by atoms with E-state index in [0.29, 0.717) is 5.56 Å². The van der Waals surface area contributed by atoms with Gasteiger partial charge in [-0.05, 0) is 18.4 Å². The lowest BCUT2D eigenvalue weighted by Crippen LogP contribution is -2.21. The molecule has 56 valence electrons. The maximum absolute atomic E-state index is 10.8. The van der Waals surface area contributed by atoms with E-state index in [4.69, 9.17) is 4.74 Å². The fourth-order valence-corrected chi connectivity index (χ4v) is 1.60. The van der Waals surface area contributed by atoms with Gasteiger partial charge in [-0.2, -0.15) is 0 Å². The first-order valence-corrected chi connectivity index (χ1v) is 4.44. The van der Waals surface area contributed by atoms with Crippen LogP contribution >= 0.6 is 11.8 Å². The van der Waals surface area contributed by atoms with Gasteiger partial charge in [0.1, 0.15) is 5.56 Å². The Balaban J connectivity index is 2.55. The van der Waals surface area contributed by atoms with Gasteiger partial charge in [-0.3, -0.25) is 0 Å². The molecular weight excluding hydrogens is 160 g/mol. The van der Waals surface area contributed by atoms with Gasteiger partial charge < -0.3 is 4.74 Å². The first-order chi connectivity index (χ1) is 5.33. The van der Waals surface area contributed by atoms with Crippen LogP contribution in [0.2, 0.25) is 0 Å². The van der Waals surface area contributed by atoms with E-state index in [-0.39, 0.29) is 5.97 Å². The lowest BCUT2D eigenvalue weighted by atomic mass is 10.1. The number of rotatable bonds is 1. The molecule has 11 heavy (non-hydrogen) atoms. The summed E-state index contributed by atoms with van der Waals surface area (Å²) in [5, 5.41) is 0. The largest absolute Gasteiger partial charge is 0.421 e. The number of para-hydroxylation sites is 1. The molecule has 1 aromatic rings. The molecule has 0 N–H and O–H groups in total. The molecule has 0 aromatic heterocycles. The van der Waals surface area contributed by atoms with Crippen LogP contribution in [0.1, 0.15) is 10.4 Å².